The van der Waals surface area contributed by atoms with Gasteiger partial charge in [-0.1, -0.05) is 6.92 Å². The smallest absolute Gasteiger partial charge is 0.238 e. The highest BCUT2D eigenvalue weighted by atomic mass is 16.2. The number of anilines is 2. The minimum Gasteiger partial charge on any atom is -0.372 e. The predicted molar refractivity (Wildman–Crippen MR) is 102 cm³/mol. The van der Waals surface area contributed by atoms with Crippen molar-refractivity contribution in [2.24, 2.45) is 0 Å². The van der Waals surface area contributed by atoms with Gasteiger partial charge in [0.25, 0.3) is 0 Å². The standard InChI is InChI=1S/C19H30N4O2/c1-3-11-20-18(24)14-22(2)15-19(25)21-16-7-9-17(10-8-16)23-12-5-4-6-13-23/h7-10H,3-6,11-15H2,1-2H3,(H,20,24)(H,21,25). The lowest BCUT2D eigenvalue weighted by atomic mass is 10.1. The van der Waals surface area contributed by atoms with Gasteiger partial charge in [-0.25, -0.2) is 0 Å². The third kappa shape index (κ3) is 6.74. The van der Waals surface area contributed by atoms with Gasteiger partial charge >= 0.3 is 0 Å². The van der Waals surface area contributed by atoms with E-state index in [1.165, 1.54) is 24.9 Å². The van der Waals surface area contributed by atoms with Gasteiger partial charge < -0.3 is 15.5 Å². The molecule has 138 valence electrons. The Morgan fingerprint density at radius 3 is 2.32 bits per heavy atom. The molecule has 1 aliphatic rings. The van der Waals surface area contributed by atoms with Crippen LogP contribution in [0.1, 0.15) is 32.6 Å². The van der Waals surface area contributed by atoms with Gasteiger partial charge in [0.05, 0.1) is 13.1 Å². The molecule has 2 N–H and O–H groups in total. The molecule has 2 rings (SSSR count). The summed E-state index contributed by atoms with van der Waals surface area (Å²) < 4.78 is 0. The molecule has 0 saturated carbocycles. The fourth-order valence-corrected chi connectivity index (χ4v) is 2.97. The number of benzene rings is 1. The van der Waals surface area contributed by atoms with Crippen molar-refractivity contribution in [3.8, 4) is 0 Å². The fourth-order valence-electron chi connectivity index (χ4n) is 2.97. The number of nitrogens with zero attached hydrogens (tertiary/aromatic N) is 2. The number of piperidine rings is 1. The van der Waals surface area contributed by atoms with E-state index in [0.717, 1.165) is 25.2 Å². The molecule has 6 heteroatoms. The second kappa shape index (κ2) is 10.0. The van der Waals surface area contributed by atoms with Crippen LogP contribution in [-0.2, 0) is 9.59 Å². The van der Waals surface area contributed by atoms with E-state index in [2.05, 4.69) is 27.7 Å². The highest BCUT2D eigenvalue weighted by Crippen LogP contribution is 2.21. The Morgan fingerprint density at radius 2 is 1.68 bits per heavy atom. The predicted octanol–water partition coefficient (Wildman–Crippen LogP) is 2.07. The summed E-state index contributed by atoms with van der Waals surface area (Å²) in [4.78, 5) is 27.9. The number of nitrogens with one attached hydrogen (secondary N) is 2. The highest BCUT2D eigenvalue weighted by molar-refractivity contribution is 5.92. The highest BCUT2D eigenvalue weighted by Gasteiger charge is 2.12. The van der Waals surface area contributed by atoms with Gasteiger partial charge in [0.15, 0.2) is 0 Å². The van der Waals surface area contributed by atoms with Crippen LogP contribution in [0, 0.1) is 0 Å². The molecule has 2 amide bonds. The molecule has 1 aliphatic heterocycles. The summed E-state index contributed by atoms with van der Waals surface area (Å²) in [6, 6.07) is 8.00. The molecule has 0 spiro atoms. The zero-order chi connectivity index (χ0) is 18.1. The van der Waals surface area contributed by atoms with Crippen molar-refractivity contribution in [1.29, 1.82) is 0 Å². The van der Waals surface area contributed by atoms with E-state index in [0.29, 0.717) is 6.54 Å². The number of carbonyl (C=O) groups is 2. The third-order valence-electron chi connectivity index (χ3n) is 4.27. The molecule has 1 aromatic carbocycles. The Bertz CT molecular complexity index is 553. The number of rotatable bonds is 8. The topological polar surface area (TPSA) is 64.7 Å². The lowest BCUT2D eigenvalue weighted by Gasteiger charge is -2.28. The molecule has 25 heavy (non-hydrogen) atoms. The number of amides is 2. The zero-order valence-electron chi connectivity index (χ0n) is 15.4. The molecule has 1 aromatic rings. The molecule has 6 nitrogen and oxygen atoms in total. The molecular formula is C19H30N4O2. The van der Waals surface area contributed by atoms with Crippen LogP contribution in [0.2, 0.25) is 0 Å². The Labute approximate surface area is 150 Å². The van der Waals surface area contributed by atoms with Crippen molar-refractivity contribution in [3.05, 3.63) is 24.3 Å². The molecule has 0 bridgehead atoms. The summed E-state index contributed by atoms with van der Waals surface area (Å²) in [6.45, 7) is 5.30. The fraction of sp³-hybridized carbons (Fsp3) is 0.579. The van der Waals surface area contributed by atoms with Gasteiger partial charge in [0.1, 0.15) is 0 Å². The quantitative estimate of drug-likeness (QED) is 0.756. The number of likely N-dealkylation sites (N-methyl/N-ethyl adjacent to an activating group) is 1. The van der Waals surface area contributed by atoms with Gasteiger partial charge in [-0.05, 0) is 57.0 Å². The van der Waals surface area contributed by atoms with E-state index in [1.807, 2.05) is 19.1 Å². The maximum Gasteiger partial charge on any atom is 0.238 e. The van der Waals surface area contributed by atoms with E-state index in [1.54, 1.807) is 11.9 Å². The lowest BCUT2D eigenvalue weighted by Crippen LogP contribution is -2.39. The Hall–Kier alpha value is -2.08. The molecule has 0 aliphatic carbocycles. The first-order chi connectivity index (χ1) is 12.1. The van der Waals surface area contributed by atoms with Gasteiger partial charge in [-0.2, -0.15) is 0 Å². The van der Waals surface area contributed by atoms with E-state index < -0.39 is 0 Å². The van der Waals surface area contributed by atoms with E-state index in [4.69, 9.17) is 0 Å². The van der Waals surface area contributed by atoms with Crippen molar-refractivity contribution in [3.63, 3.8) is 0 Å². The first kappa shape index (κ1) is 19.2. The number of hydrogen-bond donors (Lipinski definition) is 2. The van der Waals surface area contributed by atoms with Gasteiger partial charge in [0, 0.05) is 31.0 Å². The van der Waals surface area contributed by atoms with Gasteiger partial charge in [-0.15, -0.1) is 0 Å². The second-order valence-electron chi connectivity index (χ2n) is 6.67. The van der Waals surface area contributed by atoms with Crippen molar-refractivity contribution in [1.82, 2.24) is 10.2 Å². The van der Waals surface area contributed by atoms with Crippen LogP contribution in [0.4, 0.5) is 11.4 Å². The second-order valence-corrected chi connectivity index (χ2v) is 6.67. The zero-order valence-corrected chi connectivity index (χ0v) is 15.4. The molecule has 0 atom stereocenters. The van der Waals surface area contributed by atoms with E-state index in [-0.39, 0.29) is 24.9 Å². The summed E-state index contributed by atoms with van der Waals surface area (Å²) in [6.07, 6.45) is 4.71. The van der Waals surface area contributed by atoms with Crippen molar-refractivity contribution in [2.75, 3.05) is 50.0 Å². The van der Waals surface area contributed by atoms with Crippen LogP contribution in [0.15, 0.2) is 24.3 Å². The Kier molecular flexibility index (Phi) is 7.73. The minimum atomic E-state index is -0.114. The maximum absolute atomic E-state index is 12.1. The molecule has 1 fully saturated rings. The van der Waals surface area contributed by atoms with Crippen LogP contribution < -0.4 is 15.5 Å². The summed E-state index contributed by atoms with van der Waals surface area (Å²) in [5.74, 6) is -0.167. The first-order valence-electron chi connectivity index (χ1n) is 9.18. The summed E-state index contributed by atoms with van der Waals surface area (Å²) in [7, 11) is 1.77. The molecule has 0 aromatic heterocycles. The lowest BCUT2D eigenvalue weighted by molar-refractivity contribution is -0.122. The van der Waals surface area contributed by atoms with E-state index >= 15 is 0 Å². The average Bonchev–Trinajstić information content (AvgIpc) is 2.61. The molecule has 0 unspecified atom stereocenters. The monoisotopic (exact) mass is 346 g/mol. The van der Waals surface area contributed by atoms with Gasteiger partial charge in [0.2, 0.25) is 11.8 Å². The van der Waals surface area contributed by atoms with Gasteiger partial charge in [-0.3, -0.25) is 14.5 Å². The van der Waals surface area contributed by atoms with Crippen molar-refractivity contribution < 1.29 is 9.59 Å². The normalized spacial score (nSPS) is 14.4. The molecular weight excluding hydrogens is 316 g/mol. The Morgan fingerprint density at radius 1 is 1.04 bits per heavy atom. The summed E-state index contributed by atoms with van der Waals surface area (Å²) in [5, 5.41) is 5.70. The minimum absolute atomic E-state index is 0.0527. The Balaban J connectivity index is 1.76. The third-order valence-corrected chi connectivity index (χ3v) is 4.27. The van der Waals surface area contributed by atoms with Crippen LogP contribution in [0.3, 0.4) is 0 Å². The van der Waals surface area contributed by atoms with E-state index in [9.17, 15) is 9.59 Å². The summed E-state index contributed by atoms with van der Waals surface area (Å²) in [5.41, 5.74) is 2.00. The molecule has 1 heterocycles. The van der Waals surface area contributed by atoms with Crippen molar-refractivity contribution >= 4 is 23.2 Å². The number of hydrogen-bond acceptors (Lipinski definition) is 4. The van der Waals surface area contributed by atoms with Crippen molar-refractivity contribution in [2.45, 2.75) is 32.6 Å². The van der Waals surface area contributed by atoms with Crippen LogP contribution in [-0.4, -0.2) is 56.5 Å². The largest absolute Gasteiger partial charge is 0.372 e. The molecule has 0 radical (unpaired) electrons. The maximum atomic E-state index is 12.1. The first-order valence-corrected chi connectivity index (χ1v) is 9.18. The molecule has 1 saturated heterocycles. The van der Waals surface area contributed by atoms with Crippen LogP contribution in [0.25, 0.3) is 0 Å². The summed E-state index contributed by atoms with van der Waals surface area (Å²) >= 11 is 0. The van der Waals surface area contributed by atoms with Crippen LogP contribution in [0.5, 0.6) is 0 Å². The van der Waals surface area contributed by atoms with Crippen LogP contribution >= 0.6 is 0 Å². The number of carbonyl (C=O) groups excluding carboxylic acids is 2. The SMILES string of the molecule is CCCNC(=O)CN(C)CC(=O)Nc1ccc(N2CCCCC2)cc1. The average molecular weight is 346 g/mol.